The number of rotatable bonds is 7. The minimum atomic E-state index is -1.47. The number of anilines is 1. The molecule has 0 spiro atoms. The van der Waals surface area contributed by atoms with E-state index in [9.17, 15) is 5.26 Å². The molecule has 1 aromatic heterocycles. The van der Waals surface area contributed by atoms with Crippen molar-refractivity contribution in [3.8, 4) is 28.7 Å². The second kappa shape index (κ2) is 10.9. The highest BCUT2D eigenvalue weighted by Gasteiger charge is 2.46. The number of nitrogens with zero attached hydrogens (tertiary/aromatic N) is 4. The van der Waals surface area contributed by atoms with Crippen LogP contribution in [0.1, 0.15) is 59.2 Å². The number of nitriles is 1. The van der Waals surface area contributed by atoms with Crippen molar-refractivity contribution in [3.63, 3.8) is 0 Å². The number of hydrogen-bond acceptors (Lipinski definition) is 6. The van der Waals surface area contributed by atoms with Gasteiger partial charge in [0.2, 0.25) is 5.89 Å². The molecule has 0 unspecified atom stereocenters. The average molecular weight is 604 g/mol. The Morgan fingerprint density at radius 3 is 2.45 bits per heavy atom. The molecular weight excluding hydrogens is 573 g/mol. The molecule has 0 amide bonds. The van der Waals surface area contributed by atoms with E-state index in [1.165, 1.54) is 11.1 Å². The monoisotopic (exact) mass is 603 g/mol. The number of fused-ring (bicyclic) bond motifs is 3. The lowest BCUT2D eigenvalue weighted by atomic mass is 9.70. The van der Waals surface area contributed by atoms with E-state index in [0.717, 1.165) is 39.8 Å². The van der Waals surface area contributed by atoms with Crippen molar-refractivity contribution < 1.29 is 8.81 Å². The number of nitrogens with two attached hydrogens (primary N) is 1. The number of nitrogen functional groups attached to an aromatic ring is 1. The van der Waals surface area contributed by atoms with Crippen LogP contribution in [0.2, 0.25) is 5.02 Å². The third-order valence-corrected chi connectivity index (χ3v) is 9.25. The minimum Gasteiger partial charge on any atom is -0.404 e. The van der Waals surface area contributed by atoms with Crippen molar-refractivity contribution in [2.75, 3.05) is 18.8 Å². The van der Waals surface area contributed by atoms with Crippen LogP contribution in [-0.2, 0) is 6.42 Å². The maximum Gasteiger partial charge on any atom is 0.313 e. The molecule has 2 aliphatic rings. The molecule has 220 valence electrons. The zero-order chi connectivity index (χ0) is 30.6. The highest BCUT2D eigenvalue weighted by Crippen LogP contribution is 2.51. The lowest BCUT2D eigenvalue weighted by molar-refractivity contribution is 0.00837. The molecule has 1 aliphatic carbocycles. The summed E-state index contributed by atoms with van der Waals surface area (Å²) in [6.45, 7) is 4.81. The first-order valence-corrected chi connectivity index (χ1v) is 15.1. The van der Waals surface area contributed by atoms with Gasteiger partial charge in [-0.2, -0.15) is 5.26 Å². The summed E-state index contributed by atoms with van der Waals surface area (Å²) < 4.78 is 21.9. The fourth-order valence-electron chi connectivity index (χ4n) is 7.20. The molecule has 5 aromatic rings. The highest BCUT2D eigenvalue weighted by molar-refractivity contribution is 6.30. The first kappa shape index (κ1) is 28.3. The number of benzene rings is 4. The zero-order valence-corrected chi connectivity index (χ0v) is 25.2. The molecule has 0 bridgehead atoms. The van der Waals surface area contributed by atoms with E-state index in [-0.39, 0.29) is 23.9 Å². The van der Waals surface area contributed by atoms with E-state index in [1.807, 2.05) is 48.5 Å². The number of likely N-dealkylation sites (tertiary alicyclic amines) is 1. The van der Waals surface area contributed by atoms with Gasteiger partial charge in [0.25, 0.3) is 0 Å². The molecule has 2 N–H and O–H groups in total. The van der Waals surface area contributed by atoms with Crippen molar-refractivity contribution in [1.82, 2.24) is 15.1 Å². The first-order chi connectivity index (χ1) is 21.2. The van der Waals surface area contributed by atoms with Crippen molar-refractivity contribution in [2.45, 2.75) is 37.9 Å². The third kappa shape index (κ3) is 5.04. The molecular formula is C36H31ClFN5O. The van der Waals surface area contributed by atoms with Crippen LogP contribution in [0.5, 0.6) is 0 Å². The lowest BCUT2D eigenvalue weighted by Crippen LogP contribution is -2.53. The van der Waals surface area contributed by atoms with Crippen LogP contribution in [0.3, 0.4) is 0 Å². The summed E-state index contributed by atoms with van der Waals surface area (Å²) in [4.78, 5) is 2.37. The van der Waals surface area contributed by atoms with Crippen molar-refractivity contribution in [1.29, 1.82) is 5.26 Å². The lowest BCUT2D eigenvalue weighted by Gasteiger charge is -2.50. The van der Waals surface area contributed by atoms with Crippen LogP contribution in [0, 0.1) is 17.2 Å². The Morgan fingerprint density at radius 1 is 0.977 bits per heavy atom. The van der Waals surface area contributed by atoms with Crippen LogP contribution in [0.15, 0.2) is 89.3 Å². The van der Waals surface area contributed by atoms with Gasteiger partial charge in [-0.1, -0.05) is 65.2 Å². The molecule has 1 aliphatic heterocycles. The predicted molar refractivity (Wildman–Crippen MR) is 170 cm³/mol. The highest BCUT2D eigenvalue weighted by atomic mass is 35.5. The summed E-state index contributed by atoms with van der Waals surface area (Å²) >= 11 is 6.23. The van der Waals surface area contributed by atoms with Gasteiger partial charge in [-0.3, -0.25) is 4.90 Å². The Labute approximate surface area is 260 Å². The first-order valence-electron chi connectivity index (χ1n) is 14.7. The van der Waals surface area contributed by atoms with E-state index in [4.69, 9.17) is 21.8 Å². The Kier molecular flexibility index (Phi) is 7.00. The molecule has 2 atom stereocenters. The second-order valence-corrected chi connectivity index (χ2v) is 12.8. The van der Waals surface area contributed by atoms with Gasteiger partial charge in [-0.05, 0) is 102 Å². The summed E-state index contributed by atoms with van der Waals surface area (Å²) in [7, 11) is 0. The summed E-state index contributed by atoms with van der Waals surface area (Å²) in [5, 5.41) is 18.1. The molecule has 8 heteroatoms. The van der Waals surface area contributed by atoms with E-state index in [2.05, 4.69) is 57.6 Å². The predicted octanol–water partition coefficient (Wildman–Crippen LogP) is 7.97. The molecule has 0 saturated carbocycles. The number of halogens is 2. The van der Waals surface area contributed by atoms with Gasteiger partial charge in [0, 0.05) is 29.6 Å². The normalized spacial score (nSPS) is 16.1. The van der Waals surface area contributed by atoms with Crippen LogP contribution in [-0.4, -0.2) is 33.9 Å². The average Bonchev–Trinajstić information content (AvgIpc) is 3.59. The van der Waals surface area contributed by atoms with E-state index < -0.39 is 5.67 Å². The molecule has 2 heterocycles. The minimum absolute atomic E-state index is 0.0200. The van der Waals surface area contributed by atoms with Gasteiger partial charge in [0.15, 0.2) is 0 Å². The molecule has 4 aromatic carbocycles. The fraction of sp³-hybridized carbons (Fsp3) is 0.250. The van der Waals surface area contributed by atoms with Gasteiger partial charge in [0.1, 0.15) is 5.67 Å². The van der Waals surface area contributed by atoms with Gasteiger partial charge in [-0.15, -0.1) is 5.10 Å². The molecule has 1 saturated heterocycles. The van der Waals surface area contributed by atoms with Crippen molar-refractivity contribution >= 4 is 17.6 Å². The standard InChI is InChI=1S/C36H31ClFN5O/c1-36(2,38)32(27-19-43(20-27)33(22-11-13-28(37)14-12-22)25-7-3-5-21(15-25)18-39)29-8-4-6-24-16-23-9-10-26(17-30(23)31(24)29)34-41-42-35(40)44-34/h3-15,17,27,32-33H,16,19-20H2,1-2H3,(H2,40,42)/t32-,33-/m0/s1. The third-order valence-electron chi connectivity index (χ3n) is 9.00. The Morgan fingerprint density at radius 2 is 1.75 bits per heavy atom. The van der Waals surface area contributed by atoms with E-state index in [0.29, 0.717) is 29.6 Å². The smallest absolute Gasteiger partial charge is 0.313 e. The Balaban J connectivity index is 1.24. The Bertz CT molecular complexity index is 1900. The van der Waals surface area contributed by atoms with Crippen LogP contribution < -0.4 is 5.73 Å². The largest absolute Gasteiger partial charge is 0.404 e. The van der Waals surface area contributed by atoms with Crippen LogP contribution >= 0.6 is 11.6 Å². The summed E-state index contributed by atoms with van der Waals surface area (Å²) in [6.07, 6.45) is 0.787. The maximum absolute atomic E-state index is 16.4. The number of alkyl halides is 1. The van der Waals surface area contributed by atoms with Gasteiger partial charge < -0.3 is 10.2 Å². The zero-order valence-electron chi connectivity index (χ0n) is 24.5. The molecule has 1 fully saturated rings. The fourth-order valence-corrected chi connectivity index (χ4v) is 7.33. The molecule has 0 radical (unpaired) electrons. The SMILES string of the molecule is CC(C)(F)[C@H](c1cccc2c1-c1cc(-c3nnc(N)o3)ccc1C2)C1CN([C@@H](c2ccc(Cl)cc2)c2cccc(C#N)c2)C1. The second-order valence-electron chi connectivity index (χ2n) is 12.3. The Hall–Kier alpha value is -4.51. The van der Waals surface area contributed by atoms with Crippen LogP contribution in [0.25, 0.3) is 22.6 Å². The van der Waals surface area contributed by atoms with E-state index in [1.54, 1.807) is 13.8 Å². The van der Waals surface area contributed by atoms with Crippen molar-refractivity contribution in [2.24, 2.45) is 5.92 Å². The molecule has 7 rings (SSSR count). The summed E-state index contributed by atoms with van der Waals surface area (Å²) in [5.74, 6) is 0.110. The van der Waals surface area contributed by atoms with Gasteiger partial charge >= 0.3 is 6.01 Å². The maximum atomic E-state index is 16.4. The van der Waals surface area contributed by atoms with Crippen LogP contribution in [0.4, 0.5) is 10.4 Å². The quantitative estimate of drug-likeness (QED) is 0.199. The number of hydrogen-bond donors (Lipinski definition) is 1. The number of aromatic nitrogens is 2. The topological polar surface area (TPSA) is 92.0 Å². The van der Waals surface area contributed by atoms with Crippen molar-refractivity contribution in [3.05, 3.63) is 123 Å². The van der Waals surface area contributed by atoms with Gasteiger partial charge in [-0.25, -0.2) is 4.39 Å². The molecule has 44 heavy (non-hydrogen) atoms. The molecule has 6 nitrogen and oxygen atoms in total. The van der Waals surface area contributed by atoms with Gasteiger partial charge in [0.05, 0.1) is 17.7 Å². The summed E-state index contributed by atoms with van der Waals surface area (Å²) in [5.41, 5.74) is 13.3. The van der Waals surface area contributed by atoms with E-state index >= 15 is 4.39 Å². The summed E-state index contributed by atoms with van der Waals surface area (Å²) in [6, 6.07) is 30.2.